The second-order valence-corrected chi connectivity index (χ2v) is 11.5. The molecule has 5 atom stereocenters. The minimum Gasteiger partial charge on any atom is -0.494 e. The number of rotatable bonds is 14. The zero-order chi connectivity index (χ0) is 28.4. The van der Waals surface area contributed by atoms with E-state index >= 15 is 0 Å². The Morgan fingerprint density at radius 3 is 2.24 bits per heavy atom. The Bertz CT molecular complexity index is 1240. The van der Waals surface area contributed by atoms with Crippen LogP contribution in [-0.4, -0.2) is 42.7 Å². The van der Waals surface area contributed by atoms with Gasteiger partial charge in [0.15, 0.2) is 0 Å². The fourth-order valence-corrected chi connectivity index (χ4v) is 6.72. The van der Waals surface area contributed by atoms with Crippen molar-refractivity contribution in [1.29, 1.82) is 0 Å². The lowest BCUT2D eigenvalue weighted by molar-refractivity contribution is -0.127. The van der Waals surface area contributed by atoms with E-state index in [1.165, 1.54) is 0 Å². The molecule has 0 heterocycles. The van der Waals surface area contributed by atoms with E-state index in [1.807, 2.05) is 91.0 Å². The molecule has 0 aliphatic heterocycles. The Labute approximate surface area is 243 Å². The lowest BCUT2D eigenvalue weighted by atomic mass is 9.85. The van der Waals surface area contributed by atoms with Crippen LogP contribution in [0.1, 0.15) is 44.1 Å². The molecule has 0 spiro atoms. The molecule has 1 amide bonds. The zero-order valence-corrected chi connectivity index (χ0v) is 23.6. The second-order valence-electron chi connectivity index (χ2n) is 11.5. The Kier molecular flexibility index (Phi) is 10.2. The van der Waals surface area contributed by atoms with Gasteiger partial charge in [0, 0.05) is 24.6 Å². The van der Waals surface area contributed by atoms with Gasteiger partial charge < -0.3 is 19.5 Å². The highest BCUT2D eigenvalue weighted by Gasteiger charge is 2.50. The first-order valence-corrected chi connectivity index (χ1v) is 14.9. The number of para-hydroxylation sites is 2. The number of benzene rings is 3. The van der Waals surface area contributed by atoms with Gasteiger partial charge in [0.25, 0.3) is 5.91 Å². The number of carbonyl (C=O) groups is 2. The number of amides is 1. The van der Waals surface area contributed by atoms with Crippen LogP contribution >= 0.6 is 0 Å². The smallest absolute Gasteiger partial charge is 0.253 e. The summed E-state index contributed by atoms with van der Waals surface area (Å²) in [5, 5.41) is 10.7. The summed E-state index contributed by atoms with van der Waals surface area (Å²) in [7, 11) is 0. The predicted molar refractivity (Wildman–Crippen MR) is 160 cm³/mol. The summed E-state index contributed by atoms with van der Waals surface area (Å²) in [6, 6.07) is 29.3. The topological polar surface area (TPSA) is 76.1 Å². The van der Waals surface area contributed by atoms with E-state index in [9.17, 15) is 14.7 Å². The first-order chi connectivity index (χ1) is 20.1. The van der Waals surface area contributed by atoms with Crippen LogP contribution in [0.4, 0.5) is 5.69 Å². The van der Waals surface area contributed by atoms with Crippen molar-refractivity contribution in [3.05, 3.63) is 96.6 Å². The Hall–Kier alpha value is -3.48. The van der Waals surface area contributed by atoms with Gasteiger partial charge in [0.1, 0.15) is 18.1 Å². The van der Waals surface area contributed by atoms with E-state index in [2.05, 4.69) is 0 Å². The number of ether oxygens (including phenoxy) is 2. The molecule has 0 unspecified atom stereocenters. The summed E-state index contributed by atoms with van der Waals surface area (Å²) in [5.41, 5.74) is 1.92. The van der Waals surface area contributed by atoms with Gasteiger partial charge in [-0.15, -0.1) is 0 Å². The molecule has 41 heavy (non-hydrogen) atoms. The molecule has 0 radical (unpaired) electrons. The third kappa shape index (κ3) is 7.84. The highest BCUT2D eigenvalue weighted by atomic mass is 16.5. The van der Waals surface area contributed by atoms with E-state index in [-0.39, 0.29) is 30.1 Å². The Morgan fingerprint density at radius 1 is 0.829 bits per heavy atom. The quantitative estimate of drug-likeness (QED) is 0.244. The maximum absolute atomic E-state index is 13.2. The van der Waals surface area contributed by atoms with Gasteiger partial charge in [-0.05, 0) is 79.7 Å². The summed E-state index contributed by atoms with van der Waals surface area (Å²) in [5.74, 6) is 1.76. The fraction of sp³-hybridized carbons (Fsp3) is 0.429. The van der Waals surface area contributed by atoms with Crippen molar-refractivity contribution in [2.45, 2.75) is 51.2 Å². The van der Waals surface area contributed by atoms with E-state index < -0.39 is 6.10 Å². The minimum absolute atomic E-state index is 0.0339. The van der Waals surface area contributed by atoms with Crippen molar-refractivity contribution in [2.75, 3.05) is 24.7 Å². The van der Waals surface area contributed by atoms with Crippen molar-refractivity contribution in [2.24, 2.45) is 23.7 Å². The first-order valence-electron chi connectivity index (χ1n) is 14.9. The number of hydrogen-bond acceptors (Lipinski definition) is 5. The van der Waals surface area contributed by atoms with Gasteiger partial charge in [-0.2, -0.15) is 0 Å². The number of carbonyl (C=O) groups excluding carboxylic acids is 2. The molecule has 6 heteroatoms. The highest BCUT2D eigenvalue weighted by Crippen LogP contribution is 2.51. The van der Waals surface area contributed by atoms with E-state index in [0.717, 1.165) is 36.3 Å². The second kappa shape index (κ2) is 14.4. The van der Waals surface area contributed by atoms with Crippen LogP contribution in [-0.2, 0) is 20.9 Å². The number of nitrogens with zero attached hydrogens (tertiary/aromatic N) is 1. The highest BCUT2D eigenvalue weighted by molar-refractivity contribution is 5.94. The monoisotopic (exact) mass is 555 g/mol. The average Bonchev–Trinajstić information content (AvgIpc) is 3.53. The molecule has 2 aliphatic carbocycles. The third-order valence-corrected chi connectivity index (χ3v) is 8.67. The van der Waals surface area contributed by atoms with Gasteiger partial charge in [-0.1, -0.05) is 66.7 Å². The maximum atomic E-state index is 13.2. The number of Topliss-reactive ketones (excluding diaryl/α,β-unsaturated/α-hetero) is 1. The number of hydrogen-bond donors (Lipinski definition) is 1. The number of ketones is 1. The number of aliphatic hydroxyl groups is 1. The SMILES string of the molecule is O=C(CCCOc1ccccc1)[C@@H]1[C@@H]2C[C@@H](CCOCC(=O)N(Cc3ccccc3)c3ccccc3)C[C@H]2C[C@H]1O. The molecule has 3 aromatic rings. The van der Waals surface area contributed by atoms with Crippen LogP contribution in [0.5, 0.6) is 5.75 Å². The molecule has 216 valence electrons. The molecule has 0 saturated heterocycles. The van der Waals surface area contributed by atoms with Crippen molar-refractivity contribution in [1.82, 2.24) is 0 Å². The summed E-state index contributed by atoms with van der Waals surface area (Å²) >= 11 is 0. The van der Waals surface area contributed by atoms with Crippen molar-refractivity contribution in [3.8, 4) is 5.75 Å². The summed E-state index contributed by atoms with van der Waals surface area (Å²) in [4.78, 5) is 28.0. The normalized spacial score (nSPS) is 23.2. The molecular weight excluding hydrogens is 514 g/mol. The lowest BCUT2D eigenvalue weighted by Gasteiger charge is -2.23. The van der Waals surface area contributed by atoms with Crippen molar-refractivity contribution in [3.63, 3.8) is 0 Å². The van der Waals surface area contributed by atoms with E-state index in [0.29, 0.717) is 50.9 Å². The molecule has 3 aromatic carbocycles. The average molecular weight is 556 g/mol. The molecule has 1 N–H and O–H groups in total. The molecule has 2 saturated carbocycles. The third-order valence-electron chi connectivity index (χ3n) is 8.67. The van der Waals surface area contributed by atoms with Crippen LogP contribution in [0.15, 0.2) is 91.0 Å². The van der Waals surface area contributed by atoms with Gasteiger partial charge in [-0.3, -0.25) is 9.59 Å². The number of aliphatic hydroxyl groups excluding tert-OH is 1. The summed E-state index contributed by atoms with van der Waals surface area (Å²) in [6.07, 6.45) is 4.11. The molecule has 2 aliphatic rings. The first kappa shape index (κ1) is 29.0. The molecular formula is C35H41NO5. The van der Waals surface area contributed by atoms with Gasteiger partial charge in [0.05, 0.1) is 19.3 Å². The van der Waals surface area contributed by atoms with Crippen LogP contribution in [0.3, 0.4) is 0 Å². The van der Waals surface area contributed by atoms with E-state index in [1.54, 1.807) is 4.90 Å². The fourth-order valence-electron chi connectivity index (χ4n) is 6.72. The van der Waals surface area contributed by atoms with Crippen molar-refractivity contribution >= 4 is 17.4 Å². The van der Waals surface area contributed by atoms with Crippen LogP contribution in [0.25, 0.3) is 0 Å². The standard InChI is InChI=1S/C35H41NO5/c37-32(17-10-19-41-30-15-8-3-9-16-30)35-31-22-27(21-28(31)23-33(35)38)18-20-40-25-34(39)36(29-13-6-2-7-14-29)24-26-11-4-1-5-12-26/h1-9,11-16,27-28,31,33,35,38H,10,17-25H2/t27-,28-,31+,33+,35-/m0/s1. The van der Waals surface area contributed by atoms with E-state index in [4.69, 9.17) is 9.47 Å². The Morgan fingerprint density at radius 2 is 1.51 bits per heavy atom. The van der Waals surface area contributed by atoms with Crippen LogP contribution in [0, 0.1) is 23.7 Å². The summed E-state index contributed by atoms with van der Waals surface area (Å²) in [6.45, 7) is 1.54. The van der Waals surface area contributed by atoms with Gasteiger partial charge in [-0.25, -0.2) is 0 Å². The molecule has 6 nitrogen and oxygen atoms in total. The molecule has 5 rings (SSSR count). The molecule has 0 bridgehead atoms. The predicted octanol–water partition coefficient (Wildman–Crippen LogP) is 6.08. The maximum Gasteiger partial charge on any atom is 0.253 e. The molecule has 0 aromatic heterocycles. The number of anilines is 1. The van der Waals surface area contributed by atoms with Crippen LogP contribution < -0.4 is 9.64 Å². The minimum atomic E-state index is -0.532. The number of fused-ring (bicyclic) bond motifs is 1. The largest absolute Gasteiger partial charge is 0.494 e. The molecule has 2 fully saturated rings. The summed E-state index contributed by atoms with van der Waals surface area (Å²) < 4.78 is 11.6. The lowest BCUT2D eigenvalue weighted by Crippen LogP contribution is -2.33. The van der Waals surface area contributed by atoms with Crippen LogP contribution in [0.2, 0.25) is 0 Å². The Balaban J connectivity index is 1.05. The van der Waals surface area contributed by atoms with Crippen molar-refractivity contribution < 1.29 is 24.2 Å². The zero-order valence-electron chi connectivity index (χ0n) is 23.6. The van der Waals surface area contributed by atoms with Gasteiger partial charge >= 0.3 is 0 Å². The van der Waals surface area contributed by atoms with Gasteiger partial charge in [0.2, 0.25) is 0 Å².